The van der Waals surface area contributed by atoms with E-state index in [-0.39, 0.29) is 6.42 Å². The molecule has 0 atom stereocenters. The van der Waals surface area contributed by atoms with Gasteiger partial charge in [0, 0.05) is 6.42 Å². The molecule has 90 valence electrons. The summed E-state index contributed by atoms with van der Waals surface area (Å²) in [5, 5.41) is 2.10. The minimum atomic E-state index is -4.09. The number of halogens is 3. The molecule has 0 nitrogen and oxygen atoms in total. The molecule has 0 N–H and O–H groups in total. The van der Waals surface area contributed by atoms with E-state index in [1.165, 1.54) is 0 Å². The van der Waals surface area contributed by atoms with Crippen molar-refractivity contribution in [3.05, 3.63) is 47.5 Å². The van der Waals surface area contributed by atoms with Crippen molar-refractivity contribution in [3.63, 3.8) is 0 Å². The van der Waals surface area contributed by atoms with Crippen molar-refractivity contribution in [1.82, 2.24) is 0 Å². The minimum Gasteiger partial charge on any atom is -0.171 e. The Balaban J connectivity index is 2.33. The van der Waals surface area contributed by atoms with E-state index in [2.05, 4.69) is 0 Å². The molecule has 0 saturated carbocycles. The average Bonchev–Trinajstić information content (AvgIpc) is 2.27. The zero-order valence-corrected chi connectivity index (χ0v) is 9.51. The van der Waals surface area contributed by atoms with Gasteiger partial charge in [0.1, 0.15) is 0 Å². The van der Waals surface area contributed by atoms with Gasteiger partial charge in [0.15, 0.2) is 0 Å². The van der Waals surface area contributed by atoms with E-state index in [9.17, 15) is 13.2 Å². The van der Waals surface area contributed by atoms with Crippen LogP contribution in [0.3, 0.4) is 0 Å². The molecule has 0 aliphatic rings. The second-order valence-electron chi connectivity index (χ2n) is 4.19. The van der Waals surface area contributed by atoms with E-state index < -0.39 is 12.6 Å². The van der Waals surface area contributed by atoms with Gasteiger partial charge in [-0.2, -0.15) is 13.2 Å². The molecule has 0 aliphatic carbocycles. The third-order valence-corrected chi connectivity index (χ3v) is 2.99. The summed E-state index contributed by atoms with van der Waals surface area (Å²) in [6, 6.07) is 11.4. The first-order chi connectivity index (χ1) is 7.97. The molecule has 0 spiro atoms. The molecular formula is C14H13F3. The number of benzene rings is 2. The van der Waals surface area contributed by atoms with Crippen LogP contribution < -0.4 is 0 Å². The first kappa shape index (κ1) is 12.0. The Hall–Kier alpha value is -1.51. The fraction of sp³-hybridized carbons (Fsp3) is 0.286. The molecule has 0 saturated heterocycles. The quantitative estimate of drug-likeness (QED) is 0.714. The van der Waals surface area contributed by atoms with Crippen LogP contribution in [0.1, 0.15) is 17.5 Å². The van der Waals surface area contributed by atoms with Gasteiger partial charge < -0.3 is 0 Å². The molecule has 0 radical (unpaired) electrons. The van der Waals surface area contributed by atoms with E-state index in [4.69, 9.17) is 0 Å². The van der Waals surface area contributed by atoms with Crippen LogP contribution in [0.15, 0.2) is 36.4 Å². The van der Waals surface area contributed by atoms with E-state index in [1.807, 2.05) is 37.3 Å². The molecule has 2 aromatic carbocycles. The summed E-state index contributed by atoms with van der Waals surface area (Å²) in [4.78, 5) is 0. The van der Waals surface area contributed by atoms with Crippen molar-refractivity contribution >= 4 is 10.8 Å². The lowest BCUT2D eigenvalue weighted by molar-refractivity contribution is -0.134. The van der Waals surface area contributed by atoms with Gasteiger partial charge in [-0.1, -0.05) is 36.4 Å². The Morgan fingerprint density at radius 1 is 1.00 bits per heavy atom. The van der Waals surface area contributed by atoms with E-state index >= 15 is 0 Å². The van der Waals surface area contributed by atoms with Crippen LogP contribution in [0.5, 0.6) is 0 Å². The van der Waals surface area contributed by atoms with Gasteiger partial charge >= 0.3 is 6.18 Å². The lowest BCUT2D eigenvalue weighted by atomic mass is 9.97. The summed E-state index contributed by atoms with van der Waals surface area (Å²) in [6.45, 7) is 1.88. The third kappa shape index (κ3) is 2.78. The monoisotopic (exact) mass is 238 g/mol. The van der Waals surface area contributed by atoms with Crippen molar-refractivity contribution in [3.8, 4) is 0 Å². The highest BCUT2D eigenvalue weighted by Crippen LogP contribution is 2.26. The predicted octanol–water partition coefficient (Wildman–Crippen LogP) is 4.64. The van der Waals surface area contributed by atoms with Gasteiger partial charge in [0.25, 0.3) is 0 Å². The zero-order chi connectivity index (χ0) is 12.5. The van der Waals surface area contributed by atoms with Crippen molar-refractivity contribution in [2.24, 2.45) is 0 Å². The summed E-state index contributed by atoms with van der Waals surface area (Å²) in [7, 11) is 0. The average molecular weight is 238 g/mol. The van der Waals surface area contributed by atoms with Gasteiger partial charge in [-0.05, 0) is 35.2 Å². The highest BCUT2D eigenvalue weighted by Gasteiger charge is 2.26. The smallest absolute Gasteiger partial charge is 0.171 e. The van der Waals surface area contributed by atoms with Crippen LogP contribution in [0.4, 0.5) is 13.2 Å². The summed E-state index contributed by atoms with van der Waals surface area (Å²) in [5.74, 6) is 0. The molecule has 2 rings (SSSR count). The van der Waals surface area contributed by atoms with Crippen molar-refractivity contribution in [2.75, 3.05) is 0 Å². The van der Waals surface area contributed by atoms with E-state index in [0.29, 0.717) is 0 Å². The van der Waals surface area contributed by atoms with Crippen LogP contribution in [-0.4, -0.2) is 6.18 Å². The first-order valence-corrected chi connectivity index (χ1v) is 5.51. The first-order valence-electron chi connectivity index (χ1n) is 5.51. The molecule has 2 aromatic rings. The maximum Gasteiger partial charge on any atom is 0.389 e. The Kier molecular flexibility index (Phi) is 3.09. The predicted molar refractivity (Wildman–Crippen MR) is 63.1 cm³/mol. The van der Waals surface area contributed by atoms with Crippen LogP contribution in [0.2, 0.25) is 0 Å². The maximum atomic E-state index is 12.2. The SMILES string of the molecule is Cc1c(CCC(F)(F)F)ccc2ccccc12. The normalized spacial score (nSPS) is 12.0. The Morgan fingerprint density at radius 2 is 1.71 bits per heavy atom. The minimum absolute atomic E-state index is 0.0557. The lowest BCUT2D eigenvalue weighted by Crippen LogP contribution is -2.09. The molecule has 0 aromatic heterocycles. The van der Waals surface area contributed by atoms with Gasteiger partial charge in [-0.25, -0.2) is 0 Å². The molecule has 3 heteroatoms. The topological polar surface area (TPSA) is 0 Å². The standard InChI is InChI=1S/C14H13F3/c1-10-11(8-9-14(15,16)17)6-7-12-4-2-3-5-13(10)12/h2-7H,8-9H2,1H3. The fourth-order valence-corrected chi connectivity index (χ4v) is 2.02. The fourth-order valence-electron chi connectivity index (χ4n) is 2.02. The van der Waals surface area contributed by atoms with Crippen molar-refractivity contribution < 1.29 is 13.2 Å². The van der Waals surface area contributed by atoms with Crippen LogP contribution >= 0.6 is 0 Å². The van der Waals surface area contributed by atoms with Crippen LogP contribution in [-0.2, 0) is 6.42 Å². The van der Waals surface area contributed by atoms with Gasteiger partial charge in [-0.15, -0.1) is 0 Å². The Bertz CT molecular complexity index is 526. The van der Waals surface area contributed by atoms with E-state index in [1.54, 1.807) is 6.07 Å². The van der Waals surface area contributed by atoms with Gasteiger partial charge in [0.05, 0.1) is 0 Å². The molecule has 17 heavy (non-hydrogen) atoms. The van der Waals surface area contributed by atoms with Gasteiger partial charge in [0.2, 0.25) is 0 Å². The van der Waals surface area contributed by atoms with E-state index in [0.717, 1.165) is 21.9 Å². The number of hydrogen-bond acceptors (Lipinski definition) is 0. The molecule has 0 aliphatic heterocycles. The molecular weight excluding hydrogens is 225 g/mol. The second kappa shape index (κ2) is 4.40. The molecule has 0 amide bonds. The molecule has 0 heterocycles. The lowest BCUT2D eigenvalue weighted by Gasteiger charge is -2.11. The number of aryl methyl sites for hydroxylation is 2. The number of fused-ring (bicyclic) bond motifs is 1. The summed E-state index contributed by atoms with van der Waals surface area (Å²) in [6.07, 6.45) is -4.79. The third-order valence-electron chi connectivity index (χ3n) is 2.99. The Morgan fingerprint density at radius 3 is 2.41 bits per heavy atom. The summed E-state index contributed by atoms with van der Waals surface area (Å²) >= 11 is 0. The van der Waals surface area contributed by atoms with Crippen LogP contribution in [0.25, 0.3) is 10.8 Å². The van der Waals surface area contributed by atoms with Gasteiger partial charge in [-0.3, -0.25) is 0 Å². The highest BCUT2D eigenvalue weighted by molar-refractivity contribution is 5.86. The van der Waals surface area contributed by atoms with Crippen molar-refractivity contribution in [1.29, 1.82) is 0 Å². The maximum absolute atomic E-state index is 12.2. The van der Waals surface area contributed by atoms with Crippen LogP contribution in [0, 0.1) is 6.92 Å². The largest absolute Gasteiger partial charge is 0.389 e. The molecule has 0 fully saturated rings. The number of alkyl halides is 3. The number of hydrogen-bond donors (Lipinski definition) is 0. The van der Waals surface area contributed by atoms with Crippen molar-refractivity contribution in [2.45, 2.75) is 25.9 Å². The molecule has 0 bridgehead atoms. The highest BCUT2D eigenvalue weighted by atomic mass is 19.4. The Labute approximate surface area is 98.1 Å². The summed E-state index contributed by atoms with van der Waals surface area (Å²) in [5.41, 5.74) is 1.73. The zero-order valence-electron chi connectivity index (χ0n) is 9.51. The second-order valence-corrected chi connectivity index (χ2v) is 4.19. The summed E-state index contributed by atoms with van der Waals surface area (Å²) < 4.78 is 36.6. The molecule has 0 unspecified atom stereocenters. The number of rotatable bonds is 2.